The molecule has 2 fully saturated rings. The molecule has 0 aliphatic carbocycles. The van der Waals surface area contributed by atoms with Gasteiger partial charge in [0.2, 0.25) is 5.91 Å². The zero-order chi connectivity index (χ0) is 20.7. The minimum atomic E-state index is -1.20. The van der Waals surface area contributed by atoms with E-state index in [1.54, 1.807) is 6.92 Å². The molecule has 158 valence electrons. The van der Waals surface area contributed by atoms with Gasteiger partial charge in [-0.05, 0) is 19.8 Å². The zero-order valence-corrected chi connectivity index (χ0v) is 15.9. The molecule has 0 radical (unpaired) electrons. The highest BCUT2D eigenvalue weighted by Crippen LogP contribution is 2.28. The first-order valence-corrected chi connectivity index (χ1v) is 8.71. The van der Waals surface area contributed by atoms with Gasteiger partial charge in [-0.2, -0.15) is 0 Å². The number of aliphatic hydroxyl groups excluding tert-OH is 3. The van der Waals surface area contributed by atoms with Crippen LogP contribution in [0.15, 0.2) is 0 Å². The van der Waals surface area contributed by atoms with E-state index in [0.29, 0.717) is 0 Å². The molecule has 8 atom stereocenters. The highest BCUT2D eigenvalue weighted by atomic mass is 32.1. The predicted molar refractivity (Wildman–Crippen MR) is 92.3 cm³/mol. The smallest absolute Gasteiger partial charge is 0.333 e. The summed E-state index contributed by atoms with van der Waals surface area (Å²) in [6.45, 7) is 2.89. The molecular formula is C15H27NO10S. The van der Waals surface area contributed by atoms with Crippen molar-refractivity contribution < 1.29 is 48.4 Å². The van der Waals surface area contributed by atoms with Crippen LogP contribution in [-0.4, -0.2) is 81.5 Å². The van der Waals surface area contributed by atoms with Crippen molar-refractivity contribution >= 4 is 24.8 Å². The van der Waals surface area contributed by atoms with E-state index in [1.165, 1.54) is 6.92 Å². The van der Waals surface area contributed by atoms with Crippen LogP contribution in [0.2, 0.25) is 0 Å². The van der Waals surface area contributed by atoms with E-state index in [0.717, 1.165) is 0 Å². The van der Waals surface area contributed by atoms with E-state index in [2.05, 4.69) is 18.6 Å². The Kier molecular flexibility index (Phi) is 9.90. The fourth-order valence-electron chi connectivity index (χ4n) is 2.75. The lowest BCUT2D eigenvalue weighted by Gasteiger charge is -2.40. The second-order valence-corrected chi connectivity index (χ2v) is 6.61. The third-order valence-electron chi connectivity index (χ3n) is 3.96. The molecule has 5 unspecified atom stereocenters. The number of carboxylic acid groups (broad SMARTS) is 1. The largest absolute Gasteiger partial charge is 0.479 e. The number of carbonyl (C=O) groups is 2. The van der Waals surface area contributed by atoms with Crippen molar-refractivity contribution in [1.82, 2.24) is 0 Å². The van der Waals surface area contributed by atoms with Gasteiger partial charge in [-0.1, -0.05) is 0 Å². The predicted octanol–water partition coefficient (Wildman–Crippen LogP) is -1.47. The second kappa shape index (κ2) is 11.1. The van der Waals surface area contributed by atoms with E-state index in [-0.39, 0.29) is 25.2 Å². The van der Waals surface area contributed by atoms with Gasteiger partial charge in [-0.25, -0.2) is 4.79 Å². The third kappa shape index (κ3) is 7.87. The standard InChI is InChI=1S/C13H22O9S.C2H5NO/c1-5(12-11(16)7(15)4-10(21-12)22-23)19-9-3-6(14)2-8(20-9)13(17)18;1-2(3)4/h5-12,14-16,23H,2-4H2,1H3,(H,17,18);1H3,(H2,3,4)/t5-,6?,7?,8?,9?,10+,11-,12?;/m0./s1. The summed E-state index contributed by atoms with van der Waals surface area (Å²) in [5, 5.41) is 38.5. The number of aliphatic carboxylic acids is 1. The molecule has 27 heavy (non-hydrogen) atoms. The fourth-order valence-corrected chi connectivity index (χ4v) is 2.88. The van der Waals surface area contributed by atoms with Gasteiger partial charge in [0.05, 0.1) is 18.3 Å². The van der Waals surface area contributed by atoms with Gasteiger partial charge < -0.3 is 40.4 Å². The summed E-state index contributed by atoms with van der Waals surface area (Å²) in [5.41, 5.74) is 4.47. The summed E-state index contributed by atoms with van der Waals surface area (Å²) in [7, 11) is 0. The number of aliphatic hydroxyl groups is 3. The van der Waals surface area contributed by atoms with Crippen LogP contribution in [0.25, 0.3) is 0 Å². The summed E-state index contributed by atoms with van der Waals surface area (Å²) in [6.07, 6.45) is -7.56. The molecule has 0 spiro atoms. The second-order valence-electron chi connectivity index (χ2n) is 6.40. The van der Waals surface area contributed by atoms with Crippen molar-refractivity contribution in [2.45, 2.75) is 82.3 Å². The molecule has 0 saturated carbocycles. The van der Waals surface area contributed by atoms with Gasteiger partial charge in [0.1, 0.15) is 12.2 Å². The SMILES string of the molecule is CC(N)=O.C[C@H](OC1CC(O)CC(C(=O)O)O1)C1O[C@H](OS)CC(O)[C@@H]1O. The number of hydrogen-bond acceptors (Lipinski definition) is 10. The van der Waals surface area contributed by atoms with Crippen molar-refractivity contribution in [1.29, 1.82) is 0 Å². The first kappa shape index (κ1) is 24.0. The van der Waals surface area contributed by atoms with E-state index >= 15 is 0 Å². The van der Waals surface area contributed by atoms with Gasteiger partial charge in [0.25, 0.3) is 0 Å². The van der Waals surface area contributed by atoms with Crippen LogP contribution in [0, 0.1) is 0 Å². The van der Waals surface area contributed by atoms with Crippen molar-refractivity contribution in [2.75, 3.05) is 0 Å². The Labute approximate surface area is 162 Å². The van der Waals surface area contributed by atoms with Crippen LogP contribution < -0.4 is 5.73 Å². The number of rotatable bonds is 5. The Bertz CT molecular complexity index is 491. The quantitative estimate of drug-likeness (QED) is 0.230. The van der Waals surface area contributed by atoms with Gasteiger partial charge >= 0.3 is 5.97 Å². The number of carboxylic acids is 1. The number of hydrogen-bond donors (Lipinski definition) is 6. The maximum Gasteiger partial charge on any atom is 0.333 e. The highest BCUT2D eigenvalue weighted by molar-refractivity contribution is 7.75. The Morgan fingerprint density at radius 3 is 2.26 bits per heavy atom. The van der Waals surface area contributed by atoms with Crippen LogP contribution in [0.1, 0.15) is 33.1 Å². The minimum Gasteiger partial charge on any atom is -0.479 e. The molecule has 0 aromatic heterocycles. The number of primary amides is 1. The molecule has 2 aliphatic heterocycles. The summed E-state index contributed by atoms with van der Waals surface area (Å²) in [6, 6.07) is 0. The van der Waals surface area contributed by atoms with E-state index in [1.807, 2.05) is 0 Å². The Hall–Kier alpha value is -0.990. The van der Waals surface area contributed by atoms with E-state index in [9.17, 15) is 24.9 Å². The van der Waals surface area contributed by atoms with Gasteiger partial charge in [0, 0.05) is 26.2 Å². The fraction of sp³-hybridized carbons (Fsp3) is 0.867. The molecule has 2 rings (SSSR count). The monoisotopic (exact) mass is 413 g/mol. The van der Waals surface area contributed by atoms with Crippen LogP contribution in [0.5, 0.6) is 0 Å². The Balaban J connectivity index is 0.000000828. The van der Waals surface area contributed by atoms with E-state index < -0.39 is 55.2 Å². The van der Waals surface area contributed by atoms with Crippen molar-refractivity contribution in [3.05, 3.63) is 0 Å². The molecule has 0 bridgehead atoms. The molecule has 6 N–H and O–H groups in total. The van der Waals surface area contributed by atoms with Crippen molar-refractivity contribution in [3.63, 3.8) is 0 Å². The normalized spacial score (nSPS) is 37.6. The summed E-state index contributed by atoms with van der Waals surface area (Å²) in [5.74, 6) is -1.52. The molecule has 2 aliphatic rings. The van der Waals surface area contributed by atoms with Gasteiger partial charge in [-0.15, -0.1) is 0 Å². The number of ether oxygens (including phenoxy) is 3. The lowest BCUT2D eigenvalue weighted by atomic mass is 9.98. The average molecular weight is 413 g/mol. The third-order valence-corrected chi connectivity index (χ3v) is 4.20. The first-order chi connectivity index (χ1) is 12.5. The first-order valence-electron chi connectivity index (χ1n) is 8.34. The molecule has 11 nitrogen and oxygen atoms in total. The maximum atomic E-state index is 11.0. The molecule has 1 amide bonds. The number of carbonyl (C=O) groups excluding carboxylic acids is 1. The van der Waals surface area contributed by atoms with Crippen LogP contribution >= 0.6 is 12.9 Å². The number of nitrogens with two attached hydrogens (primary N) is 1. The average Bonchev–Trinajstić information content (AvgIpc) is 2.55. The topological polar surface area (TPSA) is 178 Å². The van der Waals surface area contributed by atoms with Crippen LogP contribution in [-0.2, 0) is 28.0 Å². The number of amides is 1. The lowest BCUT2D eigenvalue weighted by Crippen LogP contribution is -2.54. The molecule has 12 heteroatoms. The summed E-state index contributed by atoms with van der Waals surface area (Å²) < 4.78 is 21.0. The molecule has 0 aromatic rings. The summed E-state index contributed by atoms with van der Waals surface area (Å²) in [4.78, 5) is 20.2. The highest BCUT2D eigenvalue weighted by Gasteiger charge is 2.42. The maximum absolute atomic E-state index is 11.0. The van der Waals surface area contributed by atoms with Gasteiger partial charge in [0.15, 0.2) is 18.7 Å². The molecule has 2 heterocycles. The van der Waals surface area contributed by atoms with Crippen molar-refractivity contribution in [3.8, 4) is 0 Å². The van der Waals surface area contributed by atoms with Crippen molar-refractivity contribution in [2.24, 2.45) is 5.73 Å². The Morgan fingerprint density at radius 1 is 1.15 bits per heavy atom. The van der Waals surface area contributed by atoms with Crippen LogP contribution in [0.3, 0.4) is 0 Å². The van der Waals surface area contributed by atoms with Crippen LogP contribution in [0.4, 0.5) is 0 Å². The van der Waals surface area contributed by atoms with E-state index in [4.69, 9.17) is 23.5 Å². The Morgan fingerprint density at radius 2 is 1.74 bits per heavy atom. The zero-order valence-electron chi connectivity index (χ0n) is 15.0. The molecular weight excluding hydrogens is 386 g/mol. The summed E-state index contributed by atoms with van der Waals surface area (Å²) >= 11 is 3.64. The molecule has 0 aromatic carbocycles. The number of thiol groups is 1. The lowest BCUT2D eigenvalue weighted by molar-refractivity contribution is -0.284. The molecule has 2 saturated heterocycles. The van der Waals surface area contributed by atoms with Gasteiger partial charge in [-0.3, -0.25) is 8.98 Å². The minimum absolute atomic E-state index is 0.0135.